The molecule has 31 heavy (non-hydrogen) atoms. The first kappa shape index (κ1) is 21.2. The van der Waals surface area contributed by atoms with Crippen molar-refractivity contribution in [1.29, 1.82) is 0 Å². The third-order valence-electron chi connectivity index (χ3n) is 4.93. The predicted octanol–water partition coefficient (Wildman–Crippen LogP) is 4.78. The predicted molar refractivity (Wildman–Crippen MR) is 113 cm³/mol. The summed E-state index contributed by atoms with van der Waals surface area (Å²) in [6.45, 7) is 2.21. The van der Waals surface area contributed by atoms with Crippen LogP contribution in [0.5, 0.6) is 0 Å². The molecule has 2 aromatic carbocycles. The number of alkyl halides is 3. The number of nitrogens with zero attached hydrogens (tertiary/aromatic N) is 3. The van der Waals surface area contributed by atoms with Crippen molar-refractivity contribution in [2.24, 2.45) is 0 Å². The molecule has 0 saturated heterocycles. The van der Waals surface area contributed by atoms with Crippen LogP contribution in [0.4, 0.5) is 18.9 Å². The lowest BCUT2D eigenvalue weighted by atomic mass is 10.1. The third kappa shape index (κ3) is 4.36. The second-order valence-electron chi connectivity index (χ2n) is 7.16. The van der Waals surface area contributed by atoms with Gasteiger partial charge in [0.15, 0.2) is 0 Å². The van der Waals surface area contributed by atoms with Gasteiger partial charge in [0.25, 0.3) is 11.5 Å². The van der Waals surface area contributed by atoms with Gasteiger partial charge in [0.05, 0.1) is 16.9 Å². The molecule has 0 radical (unpaired) electrons. The van der Waals surface area contributed by atoms with E-state index in [1.54, 1.807) is 30.3 Å². The van der Waals surface area contributed by atoms with E-state index in [0.717, 1.165) is 16.8 Å². The van der Waals surface area contributed by atoms with Crippen LogP contribution in [0.2, 0.25) is 0 Å². The number of amides is 1. The average molecular weight is 445 g/mol. The second-order valence-corrected chi connectivity index (χ2v) is 8.64. The number of rotatable bonds is 2. The Morgan fingerprint density at radius 1 is 1.10 bits per heavy atom. The normalized spacial score (nSPS) is 16.5. The fraction of sp³-hybridized carbons (Fsp3) is 0.227. The maximum atomic E-state index is 13.3. The lowest BCUT2D eigenvalue weighted by Gasteiger charge is -2.23. The fourth-order valence-corrected chi connectivity index (χ4v) is 4.43. The summed E-state index contributed by atoms with van der Waals surface area (Å²) in [4.78, 5) is 27.5. The highest BCUT2D eigenvalue weighted by molar-refractivity contribution is 8.00. The molecule has 1 aromatic heterocycles. The largest absolute Gasteiger partial charge is 0.416 e. The van der Waals surface area contributed by atoms with Crippen molar-refractivity contribution in [3.63, 3.8) is 0 Å². The molecule has 0 aliphatic carbocycles. The molecule has 1 aliphatic rings. The second kappa shape index (κ2) is 8.22. The first-order valence-corrected chi connectivity index (χ1v) is 10.5. The van der Waals surface area contributed by atoms with Crippen LogP contribution < -0.4 is 10.5 Å². The number of aromatic nitrogens is 2. The molecule has 1 unspecified atom stereocenters. The van der Waals surface area contributed by atoms with Gasteiger partial charge in [-0.05, 0) is 42.8 Å². The van der Waals surface area contributed by atoms with E-state index in [4.69, 9.17) is 0 Å². The molecule has 4 rings (SSSR count). The van der Waals surface area contributed by atoms with Crippen molar-refractivity contribution in [3.8, 4) is 5.69 Å². The van der Waals surface area contributed by atoms with Crippen molar-refractivity contribution in [2.75, 3.05) is 11.4 Å². The topological polar surface area (TPSA) is 55.2 Å². The van der Waals surface area contributed by atoms with Crippen molar-refractivity contribution in [2.45, 2.75) is 29.7 Å². The quantitative estimate of drug-likeness (QED) is 0.570. The number of para-hydroxylation sites is 1. The van der Waals surface area contributed by atoms with Gasteiger partial charge in [0, 0.05) is 22.8 Å². The monoisotopic (exact) mass is 445 g/mol. The van der Waals surface area contributed by atoms with Crippen LogP contribution in [-0.4, -0.2) is 27.5 Å². The van der Waals surface area contributed by atoms with Crippen LogP contribution in [0.15, 0.2) is 70.4 Å². The molecule has 3 aromatic rings. The van der Waals surface area contributed by atoms with E-state index in [1.165, 1.54) is 34.9 Å². The number of hydrogen-bond donors (Lipinski definition) is 0. The van der Waals surface area contributed by atoms with Crippen LogP contribution in [0.25, 0.3) is 5.69 Å². The molecule has 5 nitrogen and oxygen atoms in total. The number of anilines is 1. The van der Waals surface area contributed by atoms with Crippen LogP contribution in [0.3, 0.4) is 0 Å². The molecule has 0 spiro atoms. The lowest BCUT2D eigenvalue weighted by Crippen LogP contribution is -2.35. The van der Waals surface area contributed by atoms with E-state index < -0.39 is 23.2 Å². The smallest absolute Gasteiger partial charge is 0.306 e. The minimum absolute atomic E-state index is 0.0219. The van der Waals surface area contributed by atoms with E-state index in [0.29, 0.717) is 17.0 Å². The fourth-order valence-electron chi connectivity index (χ4n) is 3.34. The molecule has 2 heterocycles. The van der Waals surface area contributed by atoms with E-state index in [-0.39, 0.29) is 23.2 Å². The molecular formula is C22H18F3N3O2S. The summed E-state index contributed by atoms with van der Waals surface area (Å²) < 4.78 is 41.0. The Balaban J connectivity index is 1.78. The third-order valence-corrected chi connectivity index (χ3v) is 6.17. The molecule has 1 atom stereocenters. The highest BCUT2D eigenvalue weighted by Gasteiger charge is 2.34. The Morgan fingerprint density at radius 2 is 1.84 bits per heavy atom. The molecule has 0 fully saturated rings. The van der Waals surface area contributed by atoms with Gasteiger partial charge >= 0.3 is 6.18 Å². The van der Waals surface area contributed by atoms with Crippen LogP contribution in [0, 0.1) is 0 Å². The molecule has 0 saturated carbocycles. The van der Waals surface area contributed by atoms with Gasteiger partial charge in [-0.2, -0.15) is 23.0 Å². The maximum Gasteiger partial charge on any atom is 0.416 e. The molecule has 1 amide bonds. The minimum Gasteiger partial charge on any atom is -0.306 e. The lowest BCUT2D eigenvalue weighted by molar-refractivity contribution is -0.137. The Kier molecular flexibility index (Phi) is 5.62. The number of halogens is 3. The summed E-state index contributed by atoms with van der Waals surface area (Å²) in [5.41, 5.74) is -0.564. The van der Waals surface area contributed by atoms with Gasteiger partial charge in [-0.15, -0.1) is 11.8 Å². The molecule has 0 N–H and O–H groups in total. The van der Waals surface area contributed by atoms with Gasteiger partial charge in [-0.1, -0.05) is 25.1 Å². The van der Waals surface area contributed by atoms with E-state index in [9.17, 15) is 22.8 Å². The number of carbonyl (C=O) groups excluding carboxylic acids is 1. The summed E-state index contributed by atoms with van der Waals surface area (Å²) in [5.74, 6) is -0.556. The number of hydrogen-bond acceptors (Lipinski definition) is 4. The van der Waals surface area contributed by atoms with Crippen LogP contribution in [-0.2, 0) is 6.18 Å². The zero-order valence-electron chi connectivity index (χ0n) is 16.5. The van der Waals surface area contributed by atoms with E-state index >= 15 is 0 Å². The minimum atomic E-state index is -4.52. The van der Waals surface area contributed by atoms with Crippen molar-refractivity contribution in [3.05, 3.63) is 82.3 Å². The Hall–Kier alpha value is -3.07. The van der Waals surface area contributed by atoms with Crippen molar-refractivity contribution < 1.29 is 18.0 Å². The SMILES string of the molecule is CC1CCN(C(=O)c2ccc(=O)n(-c3ccccc3)n2)c2cc(C(F)(F)F)ccc2S1. The first-order chi connectivity index (χ1) is 14.7. The van der Waals surface area contributed by atoms with Gasteiger partial charge in [0.1, 0.15) is 5.69 Å². The van der Waals surface area contributed by atoms with E-state index in [1.807, 2.05) is 6.92 Å². The zero-order valence-corrected chi connectivity index (χ0v) is 17.3. The van der Waals surface area contributed by atoms with Gasteiger partial charge in [-0.25, -0.2) is 0 Å². The summed E-state index contributed by atoms with van der Waals surface area (Å²) in [6, 6.07) is 14.6. The summed E-state index contributed by atoms with van der Waals surface area (Å²) in [5, 5.41) is 4.32. The number of fused-ring (bicyclic) bond motifs is 1. The average Bonchev–Trinajstić information content (AvgIpc) is 2.91. The van der Waals surface area contributed by atoms with Gasteiger partial charge < -0.3 is 4.90 Å². The standard InChI is InChI=1S/C22H18F3N3O2S/c1-14-11-12-27(18-13-15(22(23,24)25)7-9-19(18)31-14)21(30)17-8-10-20(29)28(26-17)16-5-3-2-4-6-16/h2-10,13-14H,11-12H2,1H3. The molecule has 1 aliphatic heterocycles. The molecule has 160 valence electrons. The summed E-state index contributed by atoms with van der Waals surface area (Å²) in [6.07, 6.45) is -3.92. The number of thioether (sulfide) groups is 1. The Labute approximate surface area is 180 Å². The first-order valence-electron chi connectivity index (χ1n) is 9.59. The molecule has 0 bridgehead atoms. The van der Waals surface area contributed by atoms with Gasteiger partial charge in [-0.3, -0.25) is 9.59 Å². The number of carbonyl (C=O) groups is 1. The number of benzene rings is 2. The van der Waals surface area contributed by atoms with Crippen LogP contribution in [0.1, 0.15) is 29.4 Å². The highest BCUT2D eigenvalue weighted by atomic mass is 32.2. The van der Waals surface area contributed by atoms with E-state index in [2.05, 4.69) is 5.10 Å². The van der Waals surface area contributed by atoms with Crippen molar-refractivity contribution in [1.82, 2.24) is 9.78 Å². The maximum absolute atomic E-state index is 13.3. The highest BCUT2D eigenvalue weighted by Crippen LogP contribution is 2.41. The van der Waals surface area contributed by atoms with Crippen LogP contribution >= 0.6 is 11.8 Å². The Morgan fingerprint density at radius 3 is 2.55 bits per heavy atom. The summed E-state index contributed by atoms with van der Waals surface area (Å²) in [7, 11) is 0. The summed E-state index contributed by atoms with van der Waals surface area (Å²) >= 11 is 1.43. The Bertz CT molecular complexity index is 1180. The van der Waals surface area contributed by atoms with Crippen molar-refractivity contribution >= 4 is 23.4 Å². The molecular weight excluding hydrogens is 427 g/mol. The van der Waals surface area contributed by atoms with Gasteiger partial charge in [0.2, 0.25) is 0 Å². The zero-order chi connectivity index (χ0) is 22.2. The molecule has 9 heteroatoms.